The maximum atomic E-state index is 12.5. The number of anilines is 2. The SMILES string of the molecule is CCc1ccc2nc(NC(=O)CN(c3ccccc3C)S(C)(=O)=O)sc2c1. The summed E-state index contributed by atoms with van der Waals surface area (Å²) in [5, 5.41) is 3.18. The molecule has 3 rings (SSSR count). The molecule has 0 atom stereocenters. The molecule has 0 bridgehead atoms. The van der Waals surface area contributed by atoms with E-state index < -0.39 is 15.9 Å². The van der Waals surface area contributed by atoms with E-state index in [1.807, 2.05) is 31.2 Å². The molecule has 142 valence electrons. The molecule has 0 aliphatic carbocycles. The van der Waals surface area contributed by atoms with Gasteiger partial charge in [0.05, 0.1) is 22.2 Å². The second kappa shape index (κ2) is 7.66. The minimum Gasteiger partial charge on any atom is -0.300 e. The summed E-state index contributed by atoms with van der Waals surface area (Å²) in [6, 6.07) is 13.1. The molecule has 1 heterocycles. The number of fused-ring (bicyclic) bond motifs is 1. The number of nitrogens with zero attached hydrogens (tertiary/aromatic N) is 2. The summed E-state index contributed by atoms with van der Waals surface area (Å²) in [6.45, 7) is 3.58. The van der Waals surface area contributed by atoms with E-state index in [-0.39, 0.29) is 6.54 Å². The number of sulfonamides is 1. The number of nitrogens with one attached hydrogen (secondary N) is 1. The number of carbonyl (C=O) groups is 1. The first-order valence-corrected chi connectivity index (χ1v) is 11.2. The first-order chi connectivity index (χ1) is 12.8. The monoisotopic (exact) mass is 403 g/mol. The Morgan fingerprint density at radius 1 is 1.22 bits per heavy atom. The van der Waals surface area contributed by atoms with Crippen molar-refractivity contribution in [2.75, 3.05) is 22.4 Å². The van der Waals surface area contributed by atoms with Crippen molar-refractivity contribution < 1.29 is 13.2 Å². The summed E-state index contributed by atoms with van der Waals surface area (Å²) in [6.07, 6.45) is 2.02. The highest BCUT2D eigenvalue weighted by Crippen LogP contribution is 2.27. The number of hydrogen-bond acceptors (Lipinski definition) is 5. The molecule has 1 amide bonds. The molecule has 1 aromatic heterocycles. The Morgan fingerprint density at radius 2 is 1.96 bits per heavy atom. The van der Waals surface area contributed by atoms with Gasteiger partial charge in [0, 0.05) is 0 Å². The lowest BCUT2D eigenvalue weighted by molar-refractivity contribution is -0.114. The number of thiazole rings is 1. The van der Waals surface area contributed by atoms with Gasteiger partial charge < -0.3 is 5.32 Å². The molecule has 0 aliphatic rings. The normalized spacial score (nSPS) is 11.5. The van der Waals surface area contributed by atoms with E-state index in [4.69, 9.17) is 0 Å². The molecule has 0 radical (unpaired) electrons. The average molecular weight is 404 g/mol. The number of amides is 1. The van der Waals surface area contributed by atoms with Crippen LogP contribution in [0.1, 0.15) is 18.1 Å². The number of para-hydroxylation sites is 1. The van der Waals surface area contributed by atoms with Crippen LogP contribution >= 0.6 is 11.3 Å². The second-order valence-corrected chi connectivity index (χ2v) is 9.22. The summed E-state index contributed by atoms with van der Waals surface area (Å²) in [4.78, 5) is 16.9. The van der Waals surface area contributed by atoms with Crippen molar-refractivity contribution in [3.05, 3.63) is 53.6 Å². The van der Waals surface area contributed by atoms with Gasteiger partial charge in [0.25, 0.3) is 0 Å². The molecule has 0 unspecified atom stereocenters. The zero-order valence-electron chi connectivity index (χ0n) is 15.4. The molecular weight excluding hydrogens is 382 g/mol. The van der Waals surface area contributed by atoms with Gasteiger partial charge in [-0.25, -0.2) is 13.4 Å². The number of rotatable bonds is 6. The quantitative estimate of drug-likeness (QED) is 0.682. The highest BCUT2D eigenvalue weighted by Gasteiger charge is 2.22. The maximum Gasteiger partial charge on any atom is 0.246 e. The largest absolute Gasteiger partial charge is 0.300 e. The van der Waals surface area contributed by atoms with E-state index in [1.54, 1.807) is 12.1 Å². The molecule has 0 saturated heterocycles. The topological polar surface area (TPSA) is 79.4 Å². The van der Waals surface area contributed by atoms with E-state index >= 15 is 0 Å². The Morgan fingerprint density at radius 3 is 2.63 bits per heavy atom. The minimum atomic E-state index is -3.61. The fraction of sp³-hybridized carbons (Fsp3) is 0.263. The predicted octanol–water partition coefficient (Wildman–Crippen LogP) is 3.57. The molecule has 2 aromatic carbocycles. The van der Waals surface area contributed by atoms with Crippen LogP contribution in [0.2, 0.25) is 0 Å². The van der Waals surface area contributed by atoms with Gasteiger partial charge in [-0.05, 0) is 42.7 Å². The number of hydrogen-bond donors (Lipinski definition) is 1. The molecule has 0 saturated carbocycles. The fourth-order valence-corrected chi connectivity index (χ4v) is 4.62. The van der Waals surface area contributed by atoms with E-state index in [0.717, 1.165) is 32.8 Å². The first kappa shape index (κ1) is 19.3. The molecule has 0 aliphatic heterocycles. The Labute approximate surface area is 162 Å². The van der Waals surface area contributed by atoms with Crippen molar-refractivity contribution >= 4 is 48.3 Å². The van der Waals surface area contributed by atoms with Gasteiger partial charge in [0.15, 0.2) is 5.13 Å². The van der Waals surface area contributed by atoms with Crippen LogP contribution in [0.25, 0.3) is 10.2 Å². The lowest BCUT2D eigenvalue weighted by atomic mass is 10.2. The second-order valence-electron chi connectivity index (χ2n) is 6.28. The first-order valence-electron chi connectivity index (χ1n) is 8.50. The van der Waals surface area contributed by atoms with Gasteiger partial charge in [-0.2, -0.15) is 0 Å². The van der Waals surface area contributed by atoms with Gasteiger partial charge in [-0.1, -0.05) is 42.5 Å². The van der Waals surface area contributed by atoms with E-state index in [2.05, 4.69) is 23.3 Å². The van der Waals surface area contributed by atoms with Crippen molar-refractivity contribution in [3.8, 4) is 0 Å². The Bertz CT molecular complexity index is 1090. The fourth-order valence-electron chi connectivity index (χ4n) is 2.76. The van der Waals surface area contributed by atoms with Gasteiger partial charge >= 0.3 is 0 Å². The lowest BCUT2D eigenvalue weighted by Gasteiger charge is -2.23. The van der Waals surface area contributed by atoms with Crippen molar-refractivity contribution in [2.24, 2.45) is 0 Å². The number of carbonyl (C=O) groups excluding carboxylic acids is 1. The summed E-state index contributed by atoms with van der Waals surface area (Å²) >= 11 is 1.38. The van der Waals surface area contributed by atoms with Gasteiger partial charge in [0.1, 0.15) is 6.54 Å². The van der Waals surface area contributed by atoms with Crippen molar-refractivity contribution in [3.63, 3.8) is 0 Å². The van der Waals surface area contributed by atoms with Crippen LogP contribution in [0.3, 0.4) is 0 Å². The summed E-state index contributed by atoms with van der Waals surface area (Å²) in [5.41, 5.74) is 3.29. The van der Waals surface area contributed by atoms with Crippen molar-refractivity contribution in [1.29, 1.82) is 0 Å². The van der Waals surface area contributed by atoms with E-state index in [1.165, 1.54) is 16.9 Å². The molecule has 1 N–H and O–H groups in total. The standard InChI is InChI=1S/C19H21N3O3S2/c1-4-14-9-10-15-17(11-14)26-19(20-15)21-18(23)12-22(27(3,24)25)16-8-6-5-7-13(16)2/h5-11H,4,12H2,1-3H3,(H,20,21,23). The average Bonchev–Trinajstić information content (AvgIpc) is 3.00. The minimum absolute atomic E-state index is 0.306. The number of benzene rings is 2. The summed E-state index contributed by atoms with van der Waals surface area (Å²) in [5.74, 6) is -0.432. The number of aryl methyl sites for hydroxylation is 2. The molecule has 27 heavy (non-hydrogen) atoms. The van der Waals surface area contributed by atoms with E-state index in [0.29, 0.717) is 10.8 Å². The molecule has 0 fully saturated rings. The maximum absolute atomic E-state index is 12.5. The van der Waals surface area contributed by atoms with Crippen LogP contribution in [0, 0.1) is 6.92 Å². The Hall–Kier alpha value is -2.45. The van der Waals surface area contributed by atoms with Crippen LogP contribution < -0.4 is 9.62 Å². The third-order valence-electron chi connectivity index (χ3n) is 4.18. The van der Waals surface area contributed by atoms with Crippen LogP contribution in [-0.4, -0.2) is 32.1 Å². The van der Waals surface area contributed by atoms with Crippen LogP contribution in [0.5, 0.6) is 0 Å². The summed E-state index contributed by atoms with van der Waals surface area (Å²) in [7, 11) is -3.61. The van der Waals surface area contributed by atoms with Gasteiger partial charge in [-0.3, -0.25) is 9.10 Å². The number of aromatic nitrogens is 1. The van der Waals surface area contributed by atoms with Gasteiger partial charge in [-0.15, -0.1) is 0 Å². The third kappa shape index (κ3) is 4.45. The predicted molar refractivity (Wildman–Crippen MR) is 111 cm³/mol. The smallest absolute Gasteiger partial charge is 0.246 e. The Balaban J connectivity index is 1.81. The molecule has 6 nitrogen and oxygen atoms in total. The van der Waals surface area contributed by atoms with Crippen LogP contribution in [-0.2, 0) is 21.2 Å². The highest BCUT2D eigenvalue weighted by molar-refractivity contribution is 7.92. The molecular formula is C19H21N3O3S2. The molecule has 8 heteroatoms. The van der Waals surface area contributed by atoms with E-state index in [9.17, 15) is 13.2 Å². The lowest BCUT2D eigenvalue weighted by Crippen LogP contribution is -2.37. The molecule has 3 aromatic rings. The Kier molecular flexibility index (Phi) is 5.48. The van der Waals surface area contributed by atoms with Gasteiger partial charge in [0.2, 0.25) is 15.9 Å². The van der Waals surface area contributed by atoms with Crippen LogP contribution in [0.15, 0.2) is 42.5 Å². The zero-order valence-corrected chi connectivity index (χ0v) is 17.0. The summed E-state index contributed by atoms with van der Waals surface area (Å²) < 4.78 is 26.5. The third-order valence-corrected chi connectivity index (χ3v) is 6.24. The van der Waals surface area contributed by atoms with Crippen LogP contribution in [0.4, 0.5) is 10.8 Å². The van der Waals surface area contributed by atoms with Crippen molar-refractivity contribution in [1.82, 2.24) is 4.98 Å². The molecule has 0 spiro atoms. The highest BCUT2D eigenvalue weighted by atomic mass is 32.2. The van der Waals surface area contributed by atoms with Crippen molar-refractivity contribution in [2.45, 2.75) is 20.3 Å². The zero-order chi connectivity index (χ0) is 19.6.